The van der Waals surface area contributed by atoms with E-state index in [0.29, 0.717) is 0 Å². The number of unbranched alkanes of at least 4 members (excludes halogenated alkanes) is 5. The van der Waals surface area contributed by atoms with E-state index in [2.05, 4.69) is 30.8 Å². The molecule has 2 atom stereocenters. The van der Waals surface area contributed by atoms with Crippen LogP contribution in [0.15, 0.2) is 43.0 Å². The van der Waals surface area contributed by atoms with Crippen LogP contribution in [0.4, 0.5) is 0 Å². The summed E-state index contributed by atoms with van der Waals surface area (Å²) in [5.41, 5.74) is 1.37. The van der Waals surface area contributed by atoms with Crippen molar-refractivity contribution in [2.45, 2.75) is 70.3 Å². The molecule has 0 N–H and O–H groups in total. The van der Waals surface area contributed by atoms with Crippen LogP contribution in [0.3, 0.4) is 0 Å². The molecule has 126 valence electrons. The lowest BCUT2D eigenvalue weighted by molar-refractivity contribution is -0.186. The fraction of sp³-hybridized carbons (Fsp3) is 0.571. The lowest BCUT2D eigenvalue weighted by Crippen LogP contribution is -2.45. The lowest BCUT2D eigenvalue weighted by atomic mass is 9.87. The summed E-state index contributed by atoms with van der Waals surface area (Å²) in [5, 5.41) is 0. The number of ether oxygens (including phenoxy) is 1. The predicted octanol–water partition coefficient (Wildman–Crippen LogP) is 5.47. The van der Waals surface area contributed by atoms with Crippen molar-refractivity contribution in [1.82, 2.24) is 0 Å². The van der Waals surface area contributed by atoms with Crippen molar-refractivity contribution in [1.29, 1.82) is 0 Å². The minimum absolute atomic E-state index is 0.0290. The van der Waals surface area contributed by atoms with E-state index in [-0.39, 0.29) is 18.0 Å². The number of benzene rings is 1. The van der Waals surface area contributed by atoms with Crippen LogP contribution in [-0.2, 0) is 16.0 Å². The van der Waals surface area contributed by atoms with Gasteiger partial charge in [-0.15, -0.1) is 6.58 Å². The lowest BCUT2D eigenvalue weighted by Gasteiger charge is -2.35. The molecule has 0 amide bonds. The van der Waals surface area contributed by atoms with Gasteiger partial charge in [0.1, 0.15) is 6.10 Å². The second kappa shape index (κ2) is 10.3. The van der Waals surface area contributed by atoms with Gasteiger partial charge in [0.05, 0.1) is 5.92 Å². The summed E-state index contributed by atoms with van der Waals surface area (Å²) in [7, 11) is 0. The Morgan fingerprint density at radius 2 is 1.70 bits per heavy atom. The molecule has 0 radical (unpaired) electrons. The summed E-state index contributed by atoms with van der Waals surface area (Å²) in [4.78, 5) is 11.6. The number of carbonyl (C=O) groups excluding carboxylic acids is 1. The minimum Gasteiger partial charge on any atom is -0.461 e. The molecule has 23 heavy (non-hydrogen) atoms. The van der Waals surface area contributed by atoms with Crippen LogP contribution < -0.4 is 0 Å². The molecule has 0 saturated carbocycles. The first-order valence-corrected chi connectivity index (χ1v) is 9.16. The van der Waals surface area contributed by atoms with Crippen LogP contribution in [-0.4, -0.2) is 12.1 Å². The van der Waals surface area contributed by atoms with E-state index in [1.807, 2.05) is 12.1 Å². The second-order valence-corrected chi connectivity index (χ2v) is 6.59. The molecular weight excluding hydrogens is 284 g/mol. The van der Waals surface area contributed by atoms with Crippen LogP contribution in [0.1, 0.15) is 63.4 Å². The highest BCUT2D eigenvalue weighted by atomic mass is 16.6. The number of hydrogen-bond donors (Lipinski definition) is 0. The number of cyclic esters (lactones) is 1. The molecule has 0 aliphatic carbocycles. The fourth-order valence-corrected chi connectivity index (χ4v) is 3.30. The van der Waals surface area contributed by atoms with Crippen molar-refractivity contribution in [3.05, 3.63) is 48.6 Å². The molecule has 1 heterocycles. The smallest absolute Gasteiger partial charge is 0.313 e. The van der Waals surface area contributed by atoms with Gasteiger partial charge in [-0.25, -0.2) is 0 Å². The van der Waals surface area contributed by atoms with Gasteiger partial charge in [0.15, 0.2) is 0 Å². The predicted molar refractivity (Wildman–Crippen MR) is 95.3 cm³/mol. The summed E-state index contributed by atoms with van der Waals surface area (Å²) in [5.74, 6) is 0.195. The molecule has 2 nitrogen and oxygen atoms in total. The molecule has 0 unspecified atom stereocenters. The Bertz CT molecular complexity index is 466. The topological polar surface area (TPSA) is 26.3 Å². The molecule has 1 aromatic carbocycles. The molecule has 1 saturated heterocycles. The molecule has 1 aliphatic rings. The molecule has 0 bridgehead atoms. The zero-order chi connectivity index (χ0) is 16.3. The van der Waals surface area contributed by atoms with E-state index in [1.165, 1.54) is 31.2 Å². The van der Waals surface area contributed by atoms with Crippen LogP contribution in [0.5, 0.6) is 0 Å². The van der Waals surface area contributed by atoms with Crippen LogP contribution in [0.25, 0.3) is 0 Å². The van der Waals surface area contributed by atoms with Gasteiger partial charge in [0, 0.05) is 0 Å². The fourth-order valence-electron chi connectivity index (χ4n) is 3.30. The van der Waals surface area contributed by atoms with E-state index in [4.69, 9.17) is 4.74 Å². The summed E-state index contributed by atoms with van der Waals surface area (Å²) < 4.78 is 5.35. The van der Waals surface area contributed by atoms with E-state index in [0.717, 1.165) is 38.5 Å². The largest absolute Gasteiger partial charge is 0.461 e. The van der Waals surface area contributed by atoms with Crippen LogP contribution >= 0.6 is 0 Å². The van der Waals surface area contributed by atoms with Gasteiger partial charge in [-0.3, -0.25) is 4.79 Å². The molecule has 1 aliphatic heterocycles. The molecule has 1 aromatic rings. The SMILES string of the molecule is C=CCCCCCCC[C@H]1C(=O)O[C@@H]1CCCc1ccccc1. The summed E-state index contributed by atoms with van der Waals surface area (Å²) in [6.45, 7) is 3.75. The van der Waals surface area contributed by atoms with Crippen LogP contribution in [0, 0.1) is 5.92 Å². The number of carbonyl (C=O) groups is 1. The van der Waals surface area contributed by atoms with Gasteiger partial charge >= 0.3 is 5.97 Å². The summed E-state index contributed by atoms with van der Waals surface area (Å²) >= 11 is 0. The maximum atomic E-state index is 11.6. The number of rotatable bonds is 12. The van der Waals surface area contributed by atoms with E-state index in [1.54, 1.807) is 0 Å². The molecule has 0 aromatic heterocycles. The maximum absolute atomic E-state index is 11.6. The van der Waals surface area contributed by atoms with Crippen LogP contribution in [0.2, 0.25) is 0 Å². The maximum Gasteiger partial charge on any atom is 0.313 e. The molecule has 0 spiro atoms. The van der Waals surface area contributed by atoms with Crippen molar-refractivity contribution in [2.75, 3.05) is 0 Å². The van der Waals surface area contributed by atoms with E-state index in [9.17, 15) is 4.79 Å². The highest BCUT2D eigenvalue weighted by molar-refractivity contribution is 5.78. The molecule has 1 fully saturated rings. The third-order valence-corrected chi connectivity index (χ3v) is 4.74. The number of allylic oxidation sites excluding steroid dienone is 1. The van der Waals surface area contributed by atoms with E-state index < -0.39 is 0 Å². The normalized spacial score (nSPS) is 19.9. The Morgan fingerprint density at radius 1 is 0.957 bits per heavy atom. The van der Waals surface area contributed by atoms with E-state index >= 15 is 0 Å². The zero-order valence-corrected chi connectivity index (χ0v) is 14.2. The molecule has 2 heteroatoms. The quantitative estimate of drug-likeness (QED) is 0.290. The third-order valence-electron chi connectivity index (χ3n) is 4.74. The first-order chi connectivity index (χ1) is 11.3. The first kappa shape index (κ1) is 17.8. The molecule has 2 rings (SSSR count). The Kier molecular flexibility index (Phi) is 7.92. The number of esters is 1. The standard InChI is InChI=1S/C21H30O2/c1-2-3-4-5-6-7-11-16-19-20(23-21(19)22)17-12-15-18-13-9-8-10-14-18/h2,8-10,13-14,19-20H,1,3-7,11-12,15-17H2/t19-,20-/m1/s1. The Hall–Kier alpha value is -1.57. The van der Waals surface area contributed by atoms with Crippen molar-refractivity contribution in [3.63, 3.8) is 0 Å². The summed E-state index contributed by atoms with van der Waals surface area (Å²) in [6.07, 6.45) is 13.7. The average molecular weight is 314 g/mol. The Balaban J connectivity index is 1.55. The number of aryl methyl sites for hydroxylation is 1. The second-order valence-electron chi connectivity index (χ2n) is 6.59. The first-order valence-electron chi connectivity index (χ1n) is 9.16. The van der Waals surface area contributed by atoms with Gasteiger partial charge in [0.2, 0.25) is 0 Å². The average Bonchev–Trinajstić information content (AvgIpc) is 2.57. The third kappa shape index (κ3) is 6.21. The van der Waals surface area contributed by atoms with Gasteiger partial charge < -0.3 is 4.74 Å². The molecular formula is C21H30O2. The van der Waals surface area contributed by atoms with Crippen molar-refractivity contribution in [3.8, 4) is 0 Å². The zero-order valence-electron chi connectivity index (χ0n) is 14.2. The highest BCUT2D eigenvalue weighted by Crippen LogP contribution is 2.31. The Labute approximate surface area is 140 Å². The number of hydrogen-bond acceptors (Lipinski definition) is 2. The van der Waals surface area contributed by atoms with Crippen molar-refractivity contribution in [2.24, 2.45) is 5.92 Å². The highest BCUT2D eigenvalue weighted by Gasteiger charge is 2.40. The minimum atomic E-state index is 0.0290. The Morgan fingerprint density at radius 3 is 2.43 bits per heavy atom. The van der Waals surface area contributed by atoms with Gasteiger partial charge in [-0.1, -0.05) is 62.1 Å². The summed E-state index contributed by atoms with van der Waals surface area (Å²) in [6, 6.07) is 10.5. The van der Waals surface area contributed by atoms with Crippen molar-refractivity contribution >= 4 is 5.97 Å². The van der Waals surface area contributed by atoms with Gasteiger partial charge in [-0.05, 0) is 44.1 Å². The van der Waals surface area contributed by atoms with Crippen molar-refractivity contribution < 1.29 is 9.53 Å². The monoisotopic (exact) mass is 314 g/mol. The van der Waals surface area contributed by atoms with Gasteiger partial charge in [0.25, 0.3) is 0 Å². The van der Waals surface area contributed by atoms with Gasteiger partial charge in [-0.2, -0.15) is 0 Å².